The van der Waals surface area contributed by atoms with Crippen LogP contribution < -0.4 is 0 Å². The van der Waals surface area contributed by atoms with E-state index in [-0.39, 0.29) is 19.4 Å². The first-order chi connectivity index (χ1) is 8.80. The Labute approximate surface area is 112 Å². The van der Waals surface area contributed by atoms with Crippen molar-refractivity contribution in [3.8, 4) is 0 Å². The van der Waals surface area contributed by atoms with Gasteiger partial charge in [0.15, 0.2) is 0 Å². The van der Waals surface area contributed by atoms with E-state index in [9.17, 15) is 23.1 Å². The highest BCUT2D eigenvalue weighted by Gasteiger charge is 2.51. The summed E-state index contributed by atoms with van der Waals surface area (Å²) in [6, 6.07) is 0. The number of rotatable bonds is 6. The normalized spacial score (nSPS) is 24.3. The number of nitrogens with zero attached hydrogens (tertiary/aromatic N) is 1. The van der Waals surface area contributed by atoms with Crippen molar-refractivity contribution in [3.05, 3.63) is 0 Å². The van der Waals surface area contributed by atoms with Crippen LogP contribution in [0, 0.1) is 0 Å². The van der Waals surface area contributed by atoms with Crippen LogP contribution in [0.15, 0.2) is 0 Å². The summed E-state index contributed by atoms with van der Waals surface area (Å²) < 4.78 is 29.8. The van der Waals surface area contributed by atoms with Gasteiger partial charge in [0.05, 0.1) is 19.3 Å². The molecule has 0 radical (unpaired) electrons. The maximum atomic E-state index is 12.2. The molecule has 19 heavy (non-hydrogen) atoms. The molecule has 0 aromatic heterocycles. The molecule has 0 aliphatic carbocycles. The number of methoxy groups -OCH3 is 1. The number of carbonyl (C=O) groups excluding carboxylic acids is 1. The van der Waals surface area contributed by atoms with Crippen LogP contribution in [-0.2, 0) is 24.3 Å². The van der Waals surface area contributed by atoms with Crippen LogP contribution in [0.4, 0.5) is 0 Å². The molecule has 1 rings (SSSR count). The van der Waals surface area contributed by atoms with Crippen LogP contribution in [0.3, 0.4) is 0 Å². The fourth-order valence-corrected chi connectivity index (χ4v) is 4.28. The first kappa shape index (κ1) is 15.9. The molecule has 0 aromatic rings. The zero-order valence-electron chi connectivity index (χ0n) is 11.1. The predicted molar refractivity (Wildman–Crippen MR) is 67.0 cm³/mol. The van der Waals surface area contributed by atoms with Crippen LogP contribution in [0.5, 0.6) is 0 Å². The van der Waals surface area contributed by atoms with Gasteiger partial charge in [0.2, 0.25) is 10.0 Å². The summed E-state index contributed by atoms with van der Waals surface area (Å²) in [5.74, 6) is -2.18. The molecule has 0 amide bonds. The van der Waals surface area contributed by atoms with Crippen LogP contribution in [0.1, 0.15) is 32.6 Å². The quantitative estimate of drug-likeness (QED) is 0.702. The monoisotopic (exact) mass is 293 g/mol. The Hall–Kier alpha value is -1.15. The van der Waals surface area contributed by atoms with Gasteiger partial charge in [-0.1, -0.05) is 6.92 Å². The van der Waals surface area contributed by atoms with Gasteiger partial charge >= 0.3 is 11.9 Å². The third-order valence-electron chi connectivity index (χ3n) is 3.54. The summed E-state index contributed by atoms with van der Waals surface area (Å²) in [5.41, 5.74) is -1.37. The molecular weight excluding hydrogens is 274 g/mol. The van der Waals surface area contributed by atoms with Gasteiger partial charge in [-0.25, -0.2) is 8.42 Å². The van der Waals surface area contributed by atoms with E-state index in [0.29, 0.717) is 12.8 Å². The number of hydrogen-bond acceptors (Lipinski definition) is 5. The summed E-state index contributed by atoms with van der Waals surface area (Å²) in [7, 11) is -2.60. The molecule has 0 aromatic carbocycles. The van der Waals surface area contributed by atoms with E-state index in [1.54, 1.807) is 6.92 Å². The lowest BCUT2D eigenvalue weighted by molar-refractivity contribution is -0.147. The second-order valence-corrected chi connectivity index (χ2v) is 6.52. The Morgan fingerprint density at radius 3 is 2.53 bits per heavy atom. The van der Waals surface area contributed by atoms with Crippen molar-refractivity contribution in [1.29, 1.82) is 0 Å². The summed E-state index contributed by atoms with van der Waals surface area (Å²) in [6.45, 7) is 1.84. The van der Waals surface area contributed by atoms with E-state index >= 15 is 0 Å². The average Bonchev–Trinajstić information content (AvgIpc) is 2.81. The van der Waals surface area contributed by atoms with Crippen molar-refractivity contribution in [2.45, 2.75) is 38.1 Å². The smallest absolute Gasteiger partial charge is 0.325 e. The minimum atomic E-state index is -3.78. The Kier molecular flexibility index (Phi) is 4.92. The van der Waals surface area contributed by atoms with E-state index < -0.39 is 33.3 Å². The van der Waals surface area contributed by atoms with E-state index in [0.717, 1.165) is 4.31 Å². The van der Waals surface area contributed by atoms with Gasteiger partial charge in [-0.15, -0.1) is 0 Å². The molecule has 0 saturated carbocycles. The van der Waals surface area contributed by atoms with Crippen LogP contribution in [0.2, 0.25) is 0 Å². The second kappa shape index (κ2) is 5.87. The zero-order chi connectivity index (χ0) is 14.7. The van der Waals surface area contributed by atoms with Crippen LogP contribution >= 0.6 is 0 Å². The molecule has 0 spiro atoms. The largest absolute Gasteiger partial charge is 0.480 e. The van der Waals surface area contributed by atoms with Crippen LogP contribution in [-0.4, -0.2) is 54.7 Å². The molecule has 7 nitrogen and oxygen atoms in total. The number of carboxylic acids is 1. The molecule has 1 fully saturated rings. The van der Waals surface area contributed by atoms with Crippen LogP contribution in [0.25, 0.3) is 0 Å². The third kappa shape index (κ3) is 3.06. The van der Waals surface area contributed by atoms with Crippen molar-refractivity contribution >= 4 is 22.0 Å². The number of hydrogen-bond donors (Lipinski definition) is 1. The Morgan fingerprint density at radius 1 is 1.42 bits per heavy atom. The predicted octanol–water partition coefficient (Wildman–Crippen LogP) is 0.209. The Balaban J connectivity index is 2.93. The SMILES string of the molecule is CCC1(C(=O)O)CCCN1S(=O)(=O)CCC(=O)OC. The highest BCUT2D eigenvalue weighted by Crippen LogP contribution is 2.35. The van der Waals surface area contributed by atoms with Gasteiger partial charge in [0.1, 0.15) is 5.54 Å². The van der Waals surface area contributed by atoms with E-state index in [1.807, 2.05) is 0 Å². The topological polar surface area (TPSA) is 101 Å². The van der Waals surface area contributed by atoms with E-state index in [4.69, 9.17) is 0 Å². The van der Waals surface area contributed by atoms with Gasteiger partial charge in [-0.3, -0.25) is 9.59 Å². The number of carboxylic acid groups (broad SMARTS) is 1. The van der Waals surface area contributed by atoms with Crippen molar-refractivity contribution in [1.82, 2.24) is 4.31 Å². The molecule has 0 bridgehead atoms. The number of ether oxygens (including phenoxy) is 1. The zero-order valence-corrected chi connectivity index (χ0v) is 11.9. The molecule has 1 heterocycles. The van der Waals surface area contributed by atoms with Crippen molar-refractivity contribution in [3.63, 3.8) is 0 Å². The van der Waals surface area contributed by atoms with E-state index in [1.165, 1.54) is 7.11 Å². The molecule has 1 unspecified atom stereocenters. The lowest BCUT2D eigenvalue weighted by Crippen LogP contribution is -2.53. The summed E-state index contributed by atoms with van der Waals surface area (Å²) in [6.07, 6.45) is 0.752. The fraction of sp³-hybridized carbons (Fsp3) is 0.818. The molecule has 1 N–H and O–H groups in total. The second-order valence-electron chi connectivity index (χ2n) is 4.51. The Bertz CT molecular complexity index is 460. The number of sulfonamides is 1. The Morgan fingerprint density at radius 2 is 2.05 bits per heavy atom. The number of esters is 1. The summed E-state index contributed by atoms with van der Waals surface area (Å²) >= 11 is 0. The lowest BCUT2D eigenvalue weighted by atomic mass is 9.95. The summed E-state index contributed by atoms with van der Waals surface area (Å²) in [4.78, 5) is 22.4. The third-order valence-corrected chi connectivity index (χ3v) is 5.46. The number of carbonyl (C=O) groups is 2. The van der Waals surface area contributed by atoms with Crippen molar-refractivity contribution in [2.24, 2.45) is 0 Å². The fourth-order valence-electron chi connectivity index (χ4n) is 2.40. The lowest BCUT2D eigenvalue weighted by Gasteiger charge is -2.32. The van der Waals surface area contributed by atoms with Gasteiger partial charge in [0.25, 0.3) is 0 Å². The first-order valence-electron chi connectivity index (χ1n) is 6.11. The molecule has 110 valence electrons. The highest BCUT2D eigenvalue weighted by atomic mass is 32.2. The van der Waals surface area contributed by atoms with Gasteiger partial charge in [-0.05, 0) is 19.3 Å². The summed E-state index contributed by atoms with van der Waals surface area (Å²) in [5, 5.41) is 9.32. The molecule has 1 aliphatic heterocycles. The van der Waals surface area contributed by atoms with Crippen molar-refractivity contribution in [2.75, 3.05) is 19.4 Å². The van der Waals surface area contributed by atoms with Crippen molar-refractivity contribution < 1.29 is 27.9 Å². The molecular formula is C11H19NO6S. The maximum absolute atomic E-state index is 12.2. The maximum Gasteiger partial charge on any atom is 0.325 e. The van der Waals surface area contributed by atoms with Gasteiger partial charge in [-0.2, -0.15) is 4.31 Å². The molecule has 1 saturated heterocycles. The highest BCUT2D eigenvalue weighted by molar-refractivity contribution is 7.89. The van der Waals surface area contributed by atoms with E-state index in [2.05, 4.69) is 4.74 Å². The molecule has 8 heteroatoms. The number of aliphatic carboxylic acids is 1. The minimum absolute atomic E-state index is 0.184. The minimum Gasteiger partial charge on any atom is -0.480 e. The average molecular weight is 293 g/mol. The molecule has 1 atom stereocenters. The first-order valence-corrected chi connectivity index (χ1v) is 7.72. The molecule has 1 aliphatic rings. The standard InChI is InChI=1S/C11H19NO6S/c1-3-11(10(14)15)6-4-7-12(11)19(16,17)8-5-9(13)18-2/h3-8H2,1-2H3,(H,14,15). The van der Waals surface area contributed by atoms with Gasteiger partial charge in [0, 0.05) is 6.54 Å². The van der Waals surface area contributed by atoms with Gasteiger partial charge < -0.3 is 9.84 Å².